The summed E-state index contributed by atoms with van der Waals surface area (Å²) in [5.41, 5.74) is 2.58. The molecule has 1 aliphatic rings. The summed E-state index contributed by atoms with van der Waals surface area (Å²) < 4.78 is 5.40. The minimum atomic E-state index is -0.0302. The highest BCUT2D eigenvalue weighted by atomic mass is 16.5. The van der Waals surface area contributed by atoms with E-state index in [1.807, 2.05) is 30.3 Å². The average molecular weight is 273 g/mol. The smallest absolute Gasteiger partial charge is 0.246 e. The minimum Gasteiger partial charge on any atom is -0.367 e. The van der Waals surface area contributed by atoms with Gasteiger partial charge in [-0.3, -0.25) is 4.79 Å². The van der Waals surface area contributed by atoms with Gasteiger partial charge in [0.1, 0.15) is 6.61 Å². The molecule has 3 heteroatoms. The molecule has 3 nitrogen and oxygen atoms in total. The van der Waals surface area contributed by atoms with E-state index in [0.29, 0.717) is 6.61 Å². The summed E-state index contributed by atoms with van der Waals surface area (Å²) in [5.74, 6) is -0.0302. The highest BCUT2D eigenvalue weighted by Gasteiger charge is 2.05. The van der Waals surface area contributed by atoms with Crippen LogP contribution in [0.1, 0.15) is 37.7 Å². The number of hydrogen-bond donors (Lipinski definition) is 1. The second-order valence-corrected chi connectivity index (χ2v) is 5.19. The van der Waals surface area contributed by atoms with Crippen molar-refractivity contribution in [3.05, 3.63) is 47.5 Å². The van der Waals surface area contributed by atoms with Gasteiger partial charge in [0.25, 0.3) is 0 Å². The van der Waals surface area contributed by atoms with Gasteiger partial charge in [0.15, 0.2) is 0 Å². The standard InChI is InChI=1S/C17H23NO2/c19-17(14-20-13-16-9-5-2-6-10-16)18-12-11-15-7-3-1-4-8-15/h2,5-7,9-10H,1,3-4,8,11-14H2,(H,18,19). The summed E-state index contributed by atoms with van der Waals surface area (Å²) in [5, 5.41) is 2.91. The number of allylic oxidation sites excluding steroid dienone is 1. The summed E-state index contributed by atoms with van der Waals surface area (Å²) >= 11 is 0. The van der Waals surface area contributed by atoms with E-state index in [9.17, 15) is 4.79 Å². The summed E-state index contributed by atoms with van der Waals surface area (Å²) in [4.78, 5) is 11.6. The number of amides is 1. The van der Waals surface area contributed by atoms with Crippen molar-refractivity contribution in [1.29, 1.82) is 0 Å². The number of hydrogen-bond acceptors (Lipinski definition) is 2. The fourth-order valence-electron chi connectivity index (χ4n) is 2.38. The molecule has 0 saturated heterocycles. The van der Waals surface area contributed by atoms with Crippen molar-refractivity contribution in [1.82, 2.24) is 5.32 Å². The van der Waals surface area contributed by atoms with Crippen LogP contribution in [-0.2, 0) is 16.1 Å². The first-order valence-electron chi connectivity index (χ1n) is 7.41. The van der Waals surface area contributed by atoms with Crippen molar-refractivity contribution >= 4 is 5.91 Å². The molecule has 0 fully saturated rings. The van der Waals surface area contributed by atoms with Crippen LogP contribution in [0.15, 0.2) is 42.0 Å². The van der Waals surface area contributed by atoms with E-state index in [-0.39, 0.29) is 12.5 Å². The first kappa shape index (κ1) is 14.8. The van der Waals surface area contributed by atoms with Gasteiger partial charge in [-0.15, -0.1) is 0 Å². The Morgan fingerprint density at radius 2 is 2.05 bits per heavy atom. The van der Waals surface area contributed by atoms with Crippen LogP contribution in [0.2, 0.25) is 0 Å². The normalized spacial score (nSPS) is 14.7. The maximum absolute atomic E-state index is 11.6. The lowest BCUT2D eigenvalue weighted by Crippen LogP contribution is -2.28. The summed E-state index contributed by atoms with van der Waals surface area (Å²) in [6.45, 7) is 1.34. The topological polar surface area (TPSA) is 38.3 Å². The van der Waals surface area contributed by atoms with Crippen LogP contribution in [0.25, 0.3) is 0 Å². The Morgan fingerprint density at radius 1 is 1.20 bits per heavy atom. The van der Waals surface area contributed by atoms with E-state index in [1.54, 1.807) is 0 Å². The second kappa shape index (κ2) is 8.54. The van der Waals surface area contributed by atoms with E-state index < -0.39 is 0 Å². The monoisotopic (exact) mass is 273 g/mol. The molecule has 1 aromatic rings. The summed E-state index contributed by atoms with van der Waals surface area (Å²) in [6, 6.07) is 9.89. The van der Waals surface area contributed by atoms with Crippen LogP contribution < -0.4 is 5.32 Å². The van der Waals surface area contributed by atoms with Crippen LogP contribution in [0.3, 0.4) is 0 Å². The van der Waals surface area contributed by atoms with Gasteiger partial charge < -0.3 is 10.1 Å². The van der Waals surface area contributed by atoms with Crippen molar-refractivity contribution in [2.45, 2.75) is 38.7 Å². The predicted molar refractivity (Wildman–Crippen MR) is 80.3 cm³/mol. The highest BCUT2D eigenvalue weighted by Crippen LogP contribution is 2.19. The van der Waals surface area contributed by atoms with Gasteiger partial charge in [0.05, 0.1) is 6.61 Å². The average Bonchev–Trinajstić information content (AvgIpc) is 2.49. The SMILES string of the molecule is O=C(COCc1ccccc1)NCCC1=CCCCC1. The van der Waals surface area contributed by atoms with Crippen molar-refractivity contribution < 1.29 is 9.53 Å². The molecule has 108 valence electrons. The predicted octanol–water partition coefficient (Wildman–Crippen LogP) is 3.21. The number of carbonyl (C=O) groups is 1. The fraction of sp³-hybridized carbons (Fsp3) is 0.471. The van der Waals surface area contributed by atoms with Crippen LogP contribution in [-0.4, -0.2) is 19.1 Å². The Morgan fingerprint density at radius 3 is 2.80 bits per heavy atom. The molecule has 0 bridgehead atoms. The zero-order valence-corrected chi connectivity index (χ0v) is 11.9. The fourth-order valence-corrected chi connectivity index (χ4v) is 2.38. The maximum Gasteiger partial charge on any atom is 0.246 e. The van der Waals surface area contributed by atoms with Crippen molar-refractivity contribution in [2.75, 3.05) is 13.2 Å². The second-order valence-electron chi connectivity index (χ2n) is 5.19. The maximum atomic E-state index is 11.6. The lowest BCUT2D eigenvalue weighted by Gasteiger charge is -2.13. The van der Waals surface area contributed by atoms with E-state index in [2.05, 4.69) is 11.4 Å². The summed E-state index contributed by atoms with van der Waals surface area (Å²) in [6.07, 6.45) is 8.29. The van der Waals surface area contributed by atoms with E-state index >= 15 is 0 Å². The van der Waals surface area contributed by atoms with Gasteiger partial charge in [-0.05, 0) is 37.7 Å². The molecular weight excluding hydrogens is 250 g/mol. The van der Waals surface area contributed by atoms with Crippen LogP contribution in [0.5, 0.6) is 0 Å². The Balaban J connectivity index is 1.55. The quantitative estimate of drug-likeness (QED) is 0.775. The molecule has 0 aliphatic heterocycles. The molecule has 1 aliphatic carbocycles. The lowest BCUT2D eigenvalue weighted by atomic mass is 9.97. The zero-order chi connectivity index (χ0) is 14.0. The molecule has 0 atom stereocenters. The molecular formula is C17H23NO2. The van der Waals surface area contributed by atoms with Gasteiger partial charge in [0, 0.05) is 6.54 Å². The molecule has 0 aromatic heterocycles. The number of nitrogens with one attached hydrogen (secondary N) is 1. The Kier molecular flexibility index (Phi) is 6.32. The Labute approximate surface area is 121 Å². The number of ether oxygens (including phenoxy) is 1. The first-order chi connectivity index (χ1) is 9.84. The van der Waals surface area contributed by atoms with Crippen LogP contribution in [0.4, 0.5) is 0 Å². The van der Waals surface area contributed by atoms with Gasteiger partial charge >= 0.3 is 0 Å². The number of benzene rings is 1. The van der Waals surface area contributed by atoms with Gasteiger partial charge in [-0.1, -0.05) is 42.0 Å². The molecule has 1 aromatic carbocycles. The molecule has 0 saturated carbocycles. The third-order valence-corrected chi connectivity index (χ3v) is 3.50. The first-order valence-corrected chi connectivity index (χ1v) is 7.41. The van der Waals surface area contributed by atoms with Crippen LogP contribution >= 0.6 is 0 Å². The zero-order valence-electron chi connectivity index (χ0n) is 11.9. The van der Waals surface area contributed by atoms with E-state index in [4.69, 9.17) is 4.74 Å². The van der Waals surface area contributed by atoms with Gasteiger partial charge in [0.2, 0.25) is 5.91 Å². The molecule has 0 unspecified atom stereocenters. The van der Waals surface area contributed by atoms with Gasteiger partial charge in [-0.25, -0.2) is 0 Å². The third-order valence-electron chi connectivity index (χ3n) is 3.50. The minimum absolute atomic E-state index is 0.0302. The molecule has 0 spiro atoms. The third kappa shape index (κ3) is 5.57. The van der Waals surface area contributed by atoms with E-state index in [1.165, 1.54) is 31.3 Å². The Hall–Kier alpha value is -1.61. The lowest BCUT2D eigenvalue weighted by molar-refractivity contribution is -0.126. The van der Waals surface area contributed by atoms with Crippen molar-refractivity contribution in [3.63, 3.8) is 0 Å². The van der Waals surface area contributed by atoms with Crippen LogP contribution in [0, 0.1) is 0 Å². The largest absolute Gasteiger partial charge is 0.367 e. The molecule has 20 heavy (non-hydrogen) atoms. The summed E-state index contributed by atoms with van der Waals surface area (Å²) in [7, 11) is 0. The van der Waals surface area contributed by atoms with Crippen molar-refractivity contribution in [2.24, 2.45) is 0 Å². The number of carbonyl (C=O) groups excluding carboxylic acids is 1. The molecule has 1 N–H and O–H groups in total. The molecule has 0 radical (unpaired) electrons. The van der Waals surface area contributed by atoms with Crippen molar-refractivity contribution in [3.8, 4) is 0 Å². The highest BCUT2D eigenvalue weighted by molar-refractivity contribution is 5.77. The van der Waals surface area contributed by atoms with Gasteiger partial charge in [-0.2, -0.15) is 0 Å². The molecule has 1 amide bonds. The van der Waals surface area contributed by atoms with E-state index in [0.717, 1.165) is 18.5 Å². The Bertz CT molecular complexity index is 440. The molecule has 2 rings (SSSR count). The molecule has 0 heterocycles. The number of rotatable bonds is 7.